The summed E-state index contributed by atoms with van der Waals surface area (Å²) < 4.78 is 1.70. The highest BCUT2D eigenvalue weighted by Gasteiger charge is 2.18. The number of aromatic nitrogens is 3. The summed E-state index contributed by atoms with van der Waals surface area (Å²) in [6.45, 7) is 1.89. The Morgan fingerprint density at radius 3 is 2.56 bits per heavy atom. The summed E-state index contributed by atoms with van der Waals surface area (Å²) in [5, 5.41) is 8.58. The predicted octanol–water partition coefficient (Wildman–Crippen LogP) is 3.79. The topological polar surface area (TPSA) is 85.8 Å². The lowest BCUT2D eigenvalue weighted by Gasteiger charge is -2.13. The number of carbonyl (C=O) groups excluding carboxylic acids is 1. The monoisotopic (exact) mass is 357 g/mol. The van der Waals surface area contributed by atoms with E-state index in [2.05, 4.69) is 27.5 Å². The molecule has 0 aliphatic heterocycles. The van der Waals surface area contributed by atoms with Crippen molar-refractivity contribution < 1.29 is 4.79 Å². The van der Waals surface area contributed by atoms with Gasteiger partial charge in [0.25, 0.3) is 5.91 Å². The molecule has 0 radical (unpaired) electrons. The fourth-order valence-electron chi connectivity index (χ4n) is 3.28. The van der Waals surface area contributed by atoms with Crippen LogP contribution < -0.4 is 11.1 Å². The fraction of sp³-hybridized carbons (Fsp3) is 0.0952. The number of fused-ring (bicyclic) bond motifs is 1. The van der Waals surface area contributed by atoms with Gasteiger partial charge in [-0.05, 0) is 30.2 Å². The number of pyridine rings is 1. The Kier molecular flexibility index (Phi) is 4.08. The van der Waals surface area contributed by atoms with Gasteiger partial charge in [-0.3, -0.25) is 9.48 Å². The van der Waals surface area contributed by atoms with Crippen LogP contribution >= 0.6 is 0 Å². The van der Waals surface area contributed by atoms with E-state index >= 15 is 0 Å². The van der Waals surface area contributed by atoms with Gasteiger partial charge >= 0.3 is 0 Å². The van der Waals surface area contributed by atoms with Crippen molar-refractivity contribution in [2.45, 2.75) is 6.92 Å². The zero-order valence-corrected chi connectivity index (χ0v) is 15.1. The molecule has 0 aliphatic carbocycles. The molecule has 0 bridgehead atoms. The van der Waals surface area contributed by atoms with Crippen molar-refractivity contribution in [2.24, 2.45) is 12.8 Å². The second kappa shape index (κ2) is 6.57. The van der Waals surface area contributed by atoms with Crippen LogP contribution in [-0.4, -0.2) is 20.7 Å². The molecule has 27 heavy (non-hydrogen) atoms. The molecule has 6 nitrogen and oxygen atoms in total. The number of benzene rings is 2. The van der Waals surface area contributed by atoms with Crippen molar-refractivity contribution in [3.05, 3.63) is 72.1 Å². The van der Waals surface area contributed by atoms with Gasteiger partial charge < -0.3 is 11.1 Å². The maximum atomic E-state index is 12.0. The third-order valence-corrected chi connectivity index (χ3v) is 4.53. The third kappa shape index (κ3) is 3.01. The van der Waals surface area contributed by atoms with Gasteiger partial charge in [0, 0.05) is 18.9 Å². The first-order chi connectivity index (χ1) is 13.0. The Labute approximate surface area is 156 Å². The number of nitrogens with one attached hydrogen (secondary N) is 1. The minimum atomic E-state index is -0.533. The first-order valence-electron chi connectivity index (χ1n) is 8.59. The smallest absolute Gasteiger partial charge is 0.252 e. The largest absolute Gasteiger partial charge is 0.365 e. The van der Waals surface area contributed by atoms with E-state index < -0.39 is 5.91 Å². The summed E-state index contributed by atoms with van der Waals surface area (Å²) in [6, 6.07) is 18.1. The van der Waals surface area contributed by atoms with Crippen LogP contribution in [0.3, 0.4) is 0 Å². The highest BCUT2D eigenvalue weighted by atomic mass is 16.1. The zero-order chi connectivity index (χ0) is 19.0. The summed E-state index contributed by atoms with van der Waals surface area (Å²) in [5.41, 5.74) is 11.1. The molecule has 0 fully saturated rings. The Morgan fingerprint density at radius 2 is 1.81 bits per heavy atom. The molecule has 0 spiro atoms. The molecule has 2 heterocycles. The van der Waals surface area contributed by atoms with Gasteiger partial charge in [0.15, 0.2) is 5.65 Å². The van der Waals surface area contributed by atoms with E-state index in [4.69, 9.17) is 5.73 Å². The summed E-state index contributed by atoms with van der Waals surface area (Å²) in [6.07, 6.45) is 1.50. The second-order valence-corrected chi connectivity index (χ2v) is 6.39. The lowest BCUT2D eigenvalue weighted by molar-refractivity contribution is 0.100. The van der Waals surface area contributed by atoms with E-state index in [-0.39, 0.29) is 0 Å². The zero-order valence-electron chi connectivity index (χ0n) is 15.1. The molecule has 2 aromatic heterocycles. The number of hydrogen-bond donors (Lipinski definition) is 2. The molecule has 1 amide bonds. The van der Waals surface area contributed by atoms with Crippen LogP contribution in [0.4, 0.5) is 11.4 Å². The summed E-state index contributed by atoms with van der Waals surface area (Å²) in [4.78, 5) is 16.3. The minimum absolute atomic E-state index is 0.337. The number of anilines is 2. The van der Waals surface area contributed by atoms with Crippen LogP contribution in [-0.2, 0) is 7.05 Å². The summed E-state index contributed by atoms with van der Waals surface area (Å²) >= 11 is 0. The average Bonchev–Trinajstić information content (AvgIpc) is 2.97. The van der Waals surface area contributed by atoms with Crippen LogP contribution in [0.5, 0.6) is 0 Å². The first-order valence-corrected chi connectivity index (χ1v) is 8.59. The van der Waals surface area contributed by atoms with Crippen LogP contribution in [0.15, 0.2) is 60.8 Å². The molecule has 2 aromatic carbocycles. The first kappa shape index (κ1) is 16.8. The molecular formula is C21H19N5O. The van der Waals surface area contributed by atoms with E-state index in [0.717, 1.165) is 27.9 Å². The summed E-state index contributed by atoms with van der Waals surface area (Å²) in [7, 11) is 1.83. The molecule has 134 valence electrons. The van der Waals surface area contributed by atoms with Crippen molar-refractivity contribution in [1.82, 2.24) is 14.8 Å². The van der Waals surface area contributed by atoms with Crippen molar-refractivity contribution in [1.29, 1.82) is 0 Å². The van der Waals surface area contributed by atoms with Crippen LogP contribution in [0.2, 0.25) is 0 Å². The number of aryl methyl sites for hydroxylation is 2. The van der Waals surface area contributed by atoms with Gasteiger partial charge in [-0.2, -0.15) is 5.10 Å². The average molecular weight is 357 g/mol. The predicted molar refractivity (Wildman–Crippen MR) is 107 cm³/mol. The molecule has 0 saturated carbocycles. The van der Waals surface area contributed by atoms with Gasteiger partial charge in [0.05, 0.1) is 22.3 Å². The van der Waals surface area contributed by atoms with Gasteiger partial charge in [0.2, 0.25) is 0 Å². The van der Waals surface area contributed by atoms with Gasteiger partial charge in [-0.15, -0.1) is 0 Å². The molecule has 4 aromatic rings. The second-order valence-electron chi connectivity index (χ2n) is 6.39. The number of nitrogens with zero attached hydrogens (tertiary/aromatic N) is 3. The Hall–Kier alpha value is -3.67. The number of carbonyl (C=O) groups is 1. The molecule has 0 saturated heterocycles. The van der Waals surface area contributed by atoms with E-state index in [1.807, 2.05) is 56.4 Å². The normalized spacial score (nSPS) is 10.9. The highest BCUT2D eigenvalue weighted by molar-refractivity contribution is 6.07. The summed E-state index contributed by atoms with van der Waals surface area (Å²) in [5.74, 6) is -0.533. The standard InChI is InChI=1S/C21H19N5O/c1-13-18-19(17(20(22)27)12-23-21(18)26(2)25-13)24-16-10-6-9-15(11-16)14-7-4-3-5-8-14/h3-12H,1-2H3,(H2,22,27)(H,23,24). The molecule has 0 aliphatic rings. The van der Waals surface area contributed by atoms with E-state index in [0.29, 0.717) is 16.9 Å². The van der Waals surface area contributed by atoms with E-state index in [1.54, 1.807) is 4.68 Å². The molecule has 3 N–H and O–H groups in total. The lowest BCUT2D eigenvalue weighted by Crippen LogP contribution is -2.14. The van der Waals surface area contributed by atoms with E-state index in [9.17, 15) is 4.79 Å². The number of amides is 1. The molecular weight excluding hydrogens is 338 g/mol. The van der Waals surface area contributed by atoms with Crippen molar-refractivity contribution >= 4 is 28.3 Å². The van der Waals surface area contributed by atoms with Crippen molar-refractivity contribution in [3.8, 4) is 11.1 Å². The maximum Gasteiger partial charge on any atom is 0.252 e. The Bertz CT molecular complexity index is 1150. The number of rotatable bonds is 4. The van der Waals surface area contributed by atoms with Crippen molar-refractivity contribution in [2.75, 3.05) is 5.32 Å². The lowest BCUT2D eigenvalue weighted by atomic mass is 10.0. The van der Waals surface area contributed by atoms with Crippen LogP contribution in [0.25, 0.3) is 22.2 Å². The van der Waals surface area contributed by atoms with E-state index in [1.165, 1.54) is 6.20 Å². The SMILES string of the molecule is Cc1nn(C)c2ncc(C(N)=O)c(Nc3cccc(-c4ccccc4)c3)c12. The van der Waals surface area contributed by atoms with Gasteiger partial charge in [-0.25, -0.2) is 4.98 Å². The molecule has 0 atom stereocenters. The number of hydrogen-bond acceptors (Lipinski definition) is 4. The van der Waals surface area contributed by atoms with Gasteiger partial charge in [-0.1, -0.05) is 42.5 Å². The minimum Gasteiger partial charge on any atom is -0.365 e. The van der Waals surface area contributed by atoms with Crippen molar-refractivity contribution in [3.63, 3.8) is 0 Å². The number of nitrogens with two attached hydrogens (primary N) is 1. The molecule has 4 rings (SSSR count). The Balaban J connectivity index is 1.84. The maximum absolute atomic E-state index is 12.0. The third-order valence-electron chi connectivity index (χ3n) is 4.53. The van der Waals surface area contributed by atoms with Crippen LogP contribution in [0, 0.1) is 6.92 Å². The number of primary amides is 1. The quantitative estimate of drug-likeness (QED) is 0.582. The molecule has 6 heteroatoms. The van der Waals surface area contributed by atoms with Gasteiger partial charge in [0.1, 0.15) is 0 Å². The molecule has 0 unspecified atom stereocenters. The van der Waals surface area contributed by atoms with Crippen LogP contribution in [0.1, 0.15) is 16.1 Å². The Morgan fingerprint density at radius 1 is 1.07 bits per heavy atom. The fourth-order valence-corrected chi connectivity index (χ4v) is 3.28. The highest BCUT2D eigenvalue weighted by Crippen LogP contribution is 2.32.